The molecule has 7 N–H and O–H groups in total. The number of alkyl halides is 1. The van der Waals surface area contributed by atoms with Crippen molar-refractivity contribution in [2.45, 2.75) is 141 Å². The summed E-state index contributed by atoms with van der Waals surface area (Å²) in [5, 5.41) is 31.2. The Labute approximate surface area is 350 Å². The van der Waals surface area contributed by atoms with Gasteiger partial charge in [0.2, 0.25) is 11.8 Å². The lowest BCUT2D eigenvalue weighted by Crippen LogP contribution is -2.57. The second-order valence-electron chi connectivity index (χ2n) is 16.8. The molecule has 3 amide bonds. The van der Waals surface area contributed by atoms with E-state index in [0.717, 1.165) is 43.5 Å². The number of likely N-dealkylation sites (tertiary alicyclic amines) is 2. The highest BCUT2D eigenvalue weighted by Crippen LogP contribution is 2.40. The number of aliphatic hydroxyl groups is 2. The van der Waals surface area contributed by atoms with E-state index in [1.807, 2.05) is 51.7 Å². The Hall–Kier alpha value is -3.64. The Bertz CT molecular complexity index is 1700. The lowest BCUT2D eigenvalue weighted by atomic mass is 9.90. The summed E-state index contributed by atoms with van der Waals surface area (Å²) < 4.78 is 4.77. The van der Waals surface area contributed by atoms with Crippen molar-refractivity contribution in [3.8, 4) is 11.8 Å². The van der Waals surface area contributed by atoms with Crippen LogP contribution in [0, 0.1) is 29.6 Å². The molecule has 9 atom stereocenters. The molecule has 13 nitrogen and oxygen atoms in total. The van der Waals surface area contributed by atoms with E-state index >= 15 is 0 Å². The first-order chi connectivity index (χ1) is 27.8. The van der Waals surface area contributed by atoms with Crippen LogP contribution in [0.3, 0.4) is 0 Å². The average Bonchev–Trinajstić information content (AvgIpc) is 4.01. The maximum Gasteiger partial charge on any atom is 0.407 e. The standard InChI is InChI=1S/C44H66ClN7O6/c1-7-33(11-8-24-45)52-34(29-14-18-31(19-15-29)47-40(53)36-12-9-25-50(36)42(55)38(46)27(2)3)22-23-35(52)30-16-20-32(21-17-30)48-41(54)37-13-10-26-51(37)43(56)39(28(4)5)49-44(57)58-6/h7-8,11,14,20,22,27-28,30-31,35-39,42-43,55-56H,9-10,12-13,15-16,18-19,23-26,46H2,1-6H3,(H,47,53)(H,48,54)(H,49,57)/b11-8-,33-7+/t30-,31?,35?,36+,37+,38+,39+,42?,43?/m1/s1. The third-order valence-corrected chi connectivity index (χ3v) is 12.5. The third-order valence-electron chi connectivity index (χ3n) is 12.4. The number of halogens is 1. The number of carbonyl (C=O) groups excluding carboxylic acids is 3. The minimum absolute atomic E-state index is 0.000463. The van der Waals surface area contributed by atoms with E-state index < -0.39 is 36.7 Å². The zero-order valence-corrected chi connectivity index (χ0v) is 35.9. The van der Waals surface area contributed by atoms with Crippen LogP contribution >= 0.6 is 11.6 Å². The van der Waals surface area contributed by atoms with Gasteiger partial charge in [0.15, 0.2) is 0 Å². The molecular formula is C44H66ClN7O6. The van der Waals surface area contributed by atoms with Gasteiger partial charge in [-0.05, 0) is 94.1 Å². The van der Waals surface area contributed by atoms with Gasteiger partial charge in [-0.2, -0.15) is 0 Å². The molecule has 2 saturated heterocycles. The summed E-state index contributed by atoms with van der Waals surface area (Å²) >= 11 is 6.11. The van der Waals surface area contributed by atoms with Crippen LogP contribution in [0.2, 0.25) is 0 Å². The first kappa shape index (κ1) is 45.4. The summed E-state index contributed by atoms with van der Waals surface area (Å²) in [5.74, 6) is 6.84. The molecule has 320 valence electrons. The second kappa shape index (κ2) is 21.1. The molecule has 0 saturated carbocycles. The van der Waals surface area contributed by atoms with Crippen LogP contribution in [0.5, 0.6) is 0 Å². The summed E-state index contributed by atoms with van der Waals surface area (Å²) in [6.45, 7) is 11.0. The van der Waals surface area contributed by atoms with Crippen LogP contribution in [0.15, 0.2) is 59.1 Å². The van der Waals surface area contributed by atoms with Crippen LogP contribution in [0.4, 0.5) is 4.79 Å². The van der Waals surface area contributed by atoms with Crippen molar-refractivity contribution in [2.75, 3.05) is 26.1 Å². The number of ether oxygens (including phenoxy) is 1. The number of alkyl carbamates (subject to hydrolysis) is 1. The van der Waals surface area contributed by atoms with Crippen molar-refractivity contribution >= 4 is 29.5 Å². The summed E-state index contributed by atoms with van der Waals surface area (Å²) in [5.41, 5.74) is 10.3. The highest BCUT2D eigenvalue weighted by Gasteiger charge is 2.41. The molecule has 2 aliphatic carbocycles. The fourth-order valence-electron chi connectivity index (χ4n) is 8.95. The number of nitrogens with two attached hydrogens (primary N) is 1. The number of allylic oxidation sites excluding steroid dienone is 6. The molecule has 58 heavy (non-hydrogen) atoms. The van der Waals surface area contributed by atoms with Crippen molar-refractivity contribution in [3.05, 3.63) is 59.1 Å². The van der Waals surface area contributed by atoms with Crippen molar-refractivity contribution in [1.29, 1.82) is 0 Å². The van der Waals surface area contributed by atoms with Gasteiger partial charge in [0.05, 0.1) is 37.0 Å². The van der Waals surface area contributed by atoms with E-state index in [1.54, 1.807) is 4.90 Å². The van der Waals surface area contributed by atoms with E-state index in [-0.39, 0.29) is 47.7 Å². The molecule has 0 aromatic rings. The van der Waals surface area contributed by atoms with Gasteiger partial charge in [0, 0.05) is 48.4 Å². The highest BCUT2D eigenvalue weighted by atomic mass is 35.5. The summed E-state index contributed by atoms with van der Waals surface area (Å²) in [6.07, 6.45) is 16.8. The first-order valence-electron chi connectivity index (χ1n) is 21.2. The van der Waals surface area contributed by atoms with E-state index in [9.17, 15) is 24.6 Å². The van der Waals surface area contributed by atoms with Crippen LogP contribution < -0.4 is 21.7 Å². The molecule has 0 radical (unpaired) electrons. The van der Waals surface area contributed by atoms with Gasteiger partial charge in [0.25, 0.3) is 0 Å². The quantitative estimate of drug-likeness (QED) is 0.0754. The van der Waals surface area contributed by atoms with E-state index in [1.165, 1.54) is 12.7 Å². The van der Waals surface area contributed by atoms with Gasteiger partial charge in [-0.25, -0.2) is 4.79 Å². The zero-order chi connectivity index (χ0) is 42.1. The molecule has 3 aliphatic heterocycles. The lowest BCUT2D eigenvalue weighted by Gasteiger charge is -2.37. The minimum Gasteiger partial charge on any atom is -0.453 e. The van der Waals surface area contributed by atoms with Gasteiger partial charge in [0.1, 0.15) is 12.5 Å². The topological polar surface area (TPSA) is 173 Å². The number of hydrogen-bond donors (Lipinski definition) is 6. The van der Waals surface area contributed by atoms with Crippen molar-refractivity contribution in [1.82, 2.24) is 30.7 Å². The molecular weight excluding hydrogens is 758 g/mol. The monoisotopic (exact) mass is 823 g/mol. The number of rotatable bonds is 16. The van der Waals surface area contributed by atoms with Crippen LogP contribution in [-0.2, 0) is 14.3 Å². The molecule has 0 aromatic carbocycles. The Morgan fingerprint density at radius 3 is 2.22 bits per heavy atom. The smallest absolute Gasteiger partial charge is 0.407 e. The predicted molar refractivity (Wildman–Crippen MR) is 226 cm³/mol. The van der Waals surface area contributed by atoms with Crippen LogP contribution in [0.25, 0.3) is 0 Å². The predicted octanol–water partition coefficient (Wildman–Crippen LogP) is 4.19. The minimum atomic E-state index is -1.06. The number of nitrogens with one attached hydrogen (secondary N) is 3. The molecule has 3 heterocycles. The fraction of sp³-hybridized carbons (Fsp3) is 0.659. The Balaban J connectivity index is 1.22. The summed E-state index contributed by atoms with van der Waals surface area (Å²) in [4.78, 5) is 45.1. The molecule has 0 bridgehead atoms. The zero-order valence-electron chi connectivity index (χ0n) is 35.1. The first-order valence-corrected chi connectivity index (χ1v) is 21.7. The van der Waals surface area contributed by atoms with Gasteiger partial charge >= 0.3 is 6.09 Å². The van der Waals surface area contributed by atoms with Gasteiger partial charge < -0.3 is 41.5 Å². The summed E-state index contributed by atoms with van der Waals surface area (Å²) in [7, 11) is 1.28. The number of nitrogens with zero attached hydrogens (tertiary/aromatic N) is 3. The average molecular weight is 825 g/mol. The van der Waals surface area contributed by atoms with Crippen LogP contribution in [0.1, 0.15) is 92.4 Å². The fourth-order valence-corrected chi connectivity index (χ4v) is 9.04. The number of amides is 3. The normalized spacial score (nSPS) is 27.7. The molecule has 0 aromatic heterocycles. The SMILES string of the molecule is C/C=C(\C=C/CCl)N1C(C2=CCC(NC(=O)[C@@H]3CCCN3C(O)[C@@H](N)C(C)C)CC2)=CCC1[C@H]1C#CC(NC(=O)[C@@H]2CCCN2C(O)[C@@H](NC(=O)OC)C(C)C)=CC1. The van der Waals surface area contributed by atoms with Gasteiger partial charge in [-0.1, -0.05) is 64.0 Å². The van der Waals surface area contributed by atoms with Gasteiger partial charge in [-0.15, -0.1) is 11.6 Å². The van der Waals surface area contributed by atoms with Crippen molar-refractivity contribution in [2.24, 2.45) is 23.5 Å². The van der Waals surface area contributed by atoms with Crippen LogP contribution in [-0.4, -0.2) is 118 Å². The van der Waals surface area contributed by atoms with Crippen molar-refractivity contribution < 1.29 is 29.3 Å². The second-order valence-corrected chi connectivity index (χ2v) is 17.1. The number of methoxy groups -OCH3 is 1. The van der Waals surface area contributed by atoms with Crippen molar-refractivity contribution in [3.63, 3.8) is 0 Å². The van der Waals surface area contributed by atoms with E-state index in [0.29, 0.717) is 50.3 Å². The lowest BCUT2D eigenvalue weighted by molar-refractivity contribution is -0.131. The Morgan fingerprint density at radius 1 is 0.966 bits per heavy atom. The maximum absolute atomic E-state index is 13.6. The number of aliphatic hydroxyl groups excluding tert-OH is 2. The Morgan fingerprint density at radius 2 is 1.66 bits per heavy atom. The van der Waals surface area contributed by atoms with E-state index in [2.05, 4.69) is 57.0 Å². The van der Waals surface area contributed by atoms with E-state index in [4.69, 9.17) is 22.1 Å². The highest BCUT2D eigenvalue weighted by molar-refractivity contribution is 6.18. The molecule has 0 spiro atoms. The maximum atomic E-state index is 13.6. The molecule has 5 rings (SSSR count). The Kier molecular flexibility index (Phi) is 16.5. The molecule has 5 aliphatic rings. The number of carbonyl (C=O) groups is 3. The molecule has 2 fully saturated rings. The summed E-state index contributed by atoms with van der Waals surface area (Å²) in [6, 6.07) is -1.90. The molecule has 4 unspecified atom stereocenters. The largest absolute Gasteiger partial charge is 0.453 e. The van der Waals surface area contributed by atoms with Gasteiger partial charge in [-0.3, -0.25) is 19.4 Å². The third kappa shape index (κ3) is 10.7. The molecule has 14 heteroatoms. The number of hydrogen-bond acceptors (Lipinski definition) is 10.